The minimum absolute atomic E-state index is 0.182. The Bertz CT molecular complexity index is 1130. The Hall–Kier alpha value is -3.69. The highest BCUT2D eigenvalue weighted by Gasteiger charge is 2.62. The molecule has 0 saturated carbocycles. The van der Waals surface area contributed by atoms with Crippen molar-refractivity contribution in [2.24, 2.45) is 0 Å². The zero-order valence-electron chi connectivity index (χ0n) is 20.5. The van der Waals surface area contributed by atoms with E-state index >= 15 is 0 Å². The zero-order valence-corrected chi connectivity index (χ0v) is 20.5. The van der Waals surface area contributed by atoms with Gasteiger partial charge in [-0.15, -0.1) is 0 Å². The molecule has 194 valence electrons. The highest BCUT2D eigenvalue weighted by molar-refractivity contribution is 5.93. The third kappa shape index (κ3) is 5.52. The number of esters is 2. The second-order valence-corrected chi connectivity index (χ2v) is 9.28. The molecule has 37 heavy (non-hydrogen) atoms. The van der Waals surface area contributed by atoms with Gasteiger partial charge in [-0.05, 0) is 24.0 Å². The lowest BCUT2D eigenvalue weighted by molar-refractivity contribution is -0.233. The summed E-state index contributed by atoms with van der Waals surface area (Å²) >= 11 is 0. The highest BCUT2D eigenvalue weighted by atomic mass is 16.8. The molecule has 3 aliphatic rings. The van der Waals surface area contributed by atoms with Crippen molar-refractivity contribution in [3.63, 3.8) is 0 Å². The summed E-state index contributed by atoms with van der Waals surface area (Å²) < 4.78 is 22.6. The van der Waals surface area contributed by atoms with E-state index < -0.39 is 36.1 Å². The highest BCUT2D eigenvalue weighted by Crippen LogP contribution is 2.44. The number of nitrogens with zero attached hydrogens (tertiary/aromatic N) is 2. The van der Waals surface area contributed by atoms with Gasteiger partial charge in [0.15, 0.2) is 0 Å². The van der Waals surface area contributed by atoms with Gasteiger partial charge >= 0.3 is 24.3 Å². The minimum atomic E-state index is -1.64. The van der Waals surface area contributed by atoms with E-state index in [9.17, 15) is 14.4 Å². The summed E-state index contributed by atoms with van der Waals surface area (Å²) in [6.45, 7) is 3.60. The van der Waals surface area contributed by atoms with Gasteiger partial charge in [0.05, 0.1) is 19.3 Å². The molecule has 2 saturated heterocycles. The van der Waals surface area contributed by atoms with Crippen molar-refractivity contribution in [2.45, 2.75) is 37.3 Å². The molecule has 3 atom stereocenters. The van der Waals surface area contributed by atoms with Crippen LogP contribution in [-0.2, 0) is 35.0 Å². The van der Waals surface area contributed by atoms with Crippen molar-refractivity contribution < 1.29 is 33.3 Å². The first kappa shape index (κ1) is 25.0. The molecule has 0 spiro atoms. The second-order valence-electron chi connectivity index (χ2n) is 9.28. The molecular weight excluding hydrogens is 476 g/mol. The Morgan fingerprint density at radius 3 is 2.27 bits per heavy atom. The van der Waals surface area contributed by atoms with Crippen molar-refractivity contribution in [3.05, 3.63) is 83.9 Å². The Kier molecular flexibility index (Phi) is 7.52. The van der Waals surface area contributed by atoms with E-state index in [0.717, 1.165) is 36.4 Å². The zero-order chi connectivity index (χ0) is 25.7. The van der Waals surface area contributed by atoms with Crippen LogP contribution in [0.15, 0.2) is 72.8 Å². The molecule has 0 N–H and O–H groups in total. The summed E-state index contributed by atoms with van der Waals surface area (Å²) in [6, 6.07) is 18.7. The quantitative estimate of drug-likeness (QED) is 0.504. The van der Waals surface area contributed by atoms with Gasteiger partial charge in [-0.1, -0.05) is 60.7 Å². The van der Waals surface area contributed by atoms with Crippen molar-refractivity contribution in [2.75, 3.05) is 32.8 Å². The van der Waals surface area contributed by atoms with Crippen molar-refractivity contribution >= 4 is 18.0 Å². The van der Waals surface area contributed by atoms with Crippen LogP contribution in [0.4, 0.5) is 4.79 Å². The fraction of sp³-hybridized carbons (Fsp3) is 0.393. The fourth-order valence-electron chi connectivity index (χ4n) is 5.11. The largest absolute Gasteiger partial charge is 0.427 e. The van der Waals surface area contributed by atoms with Gasteiger partial charge in [0.2, 0.25) is 0 Å². The Morgan fingerprint density at radius 1 is 0.865 bits per heavy atom. The maximum absolute atomic E-state index is 13.5. The van der Waals surface area contributed by atoms with Crippen LogP contribution < -0.4 is 0 Å². The standard InChI is InChI=1S/C28H30N2O7/c31-24-11-12-25(32)37-28(15-13-21-7-3-1-4-8-21)26(35-24)36-27(33)30(28)23(22-9-5-2-6-10-22)14-16-29-17-19-34-20-18-29/h1-12,23,26H,13-20H2/b12-11+. The number of carbonyl (C=O) groups excluding carboxylic acids is 3. The number of hydrogen-bond acceptors (Lipinski definition) is 8. The lowest BCUT2D eigenvalue weighted by Gasteiger charge is -2.42. The molecule has 3 heterocycles. The first-order valence-electron chi connectivity index (χ1n) is 12.6. The molecule has 2 aromatic rings. The van der Waals surface area contributed by atoms with Crippen molar-refractivity contribution in [1.29, 1.82) is 0 Å². The molecule has 0 aromatic heterocycles. The number of carbonyl (C=O) groups is 3. The van der Waals surface area contributed by atoms with Gasteiger partial charge in [0.25, 0.3) is 5.72 Å². The molecule has 2 aromatic carbocycles. The number of morpholine rings is 1. The average Bonchev–Trinajstić information content (AvgIpc) is 3.17. The van der Waals surface area contributed by atoms with Gasteiger partial charge < -0.3 is 18.9 Å². The molecule has 2 fully saturated rings. The van der Waals surface area contributed by atoms with Crippen LogP contribution in [0.5, 0.6) is 0 Å². The van der Waals surface area contributed by atoms with Gasteiger partial charge in [0.1, 0.15) is 0 Å². The van der Waals surface area contributed by atoms with E-state index in [1.807, 2.05) is 60.7 Å². The lowest BCUT2D eigenvalue weighted by Crippen LogP contribution is -2.57. The molecule has 0 aliphatic carbocycles. The summed E-state index contributed by atoms with van der Waals surface area (Å²) in [6.07, 6.45) is 1.10. The number of aryl methyl sites for hydroxylation is 1. The number of amides is 1. The molecule has 9 heteroatoms. The molecular formula is C28H30N2O7. The van der Waals surface area contributed by atoms with Crippen LogP contribution in [0.3, 0.4) is 0 Å². The predicted octanol–water partition coefficient (Wildman–Crippen LogP) is 3.21. The van der Waals surface area contributed by atoms with Gasteiger partial charge in [-0.2, -0.15) is 0 Å². The summed E-state index contributed by atoms with van der Waals surface area (Å²) in [5.41, 5.74) is 0.211. The molecule has 1 amide bonds. The average molecular weight is 507 g/mol. The topological polar surface area (TPSA) is 94.6 Å². The van der Waals surface area contributed by atoms with E-state index in [2.05, 4.69) is 4.90 Å². The number of ether oxygens (including phenoxy) is 4. The van der Waals surface area contributed by atoms with Crippen LogP contribution in [0.25, 0.3) is 0 Å². The number of benzene rings is 2. The van der Waals surface area contributed by atoms with Gasteiger partial charge in [-0.3, -0.25) is 9.80 Å². The number of fused-ring (bicyclic) bond motifs is 1. The molecule has 0 radical (unpaired) electrons. The molecule has 5 rings (SSSR count). The maximum Gasteiger partial charge on any atom is 0.416 e. The monoisotopic (exact) mass is 506 g/mol. The normalized spacial score (nSPS) is 25.8. The van der Waals surface area contributed by atoms with E-state index in [1.165, 1.54) is 4.90 Å². The molecule has 3 aliphatic heterocycles. The summed E-state index contributed by atoms with van der Waals surface area (Å²) in [7, 11) is 0. The molecule has 3 unspecified atom stereocenters. The van der Waals surface area contributed by atoms with E-state index in [4.69, 9.17) is 18.9 Å². The Morgan fingerprint density at radius 2 is 1.54 bits per heavy atom. The summed E-state index contributed by atoms with van der Waals surface area (Å²) in [5.74, 6) is -1.51. The fourth-order valence-corrected chi connectivity index (χ4v) is 5.11. The summed E-state index contributed by atoms with van der Waals surface area (Å²) in [5, 5.41) is 0. The van der Waals surface area contributed by atoms with Crippen molar-refractivity contribution in [1.82, 2.24) is 9.80 Å². The third-order valence-corrected chi connectivity index (χ3v) is 6.97. The van der Waals surface area contributed by atoms with Crippen LogP contribution >= 0.6 is 0 Å². The maximum atomic E-state index is 13.5. The van der Waals surface area contributed by atoms with Gasteiger partial charge in [-0.25, -0.2) is 14.4 Å². The molecule has 9 nitrogen and oxygen atoms in total. The lowest BCUT2D eigenvalue weighted by atomic mass is 9.95. The van der Waals surface area contributed by atoms with Crippen LogP contribution in [0.1, 0.15) is 30.0 Å². The number of rotatable bonds is 8. The smallest absolute Gasteiger partial charge is 0.416 e. The first-order valence-corrected chi connectivity index (χ1v) is 12.6. The van der Waals surface area contributed by atoms with Crippen molar-refractivity contribution in [3.8, 4) is 0 Å². The SMILES string of the molecule is O=C1/C=C/C(=O)OC2(CCc3ccccc3)C(O1)OC(=O)N2C(CCN1CCOCC1)c1ccccc1. The third-order valence-electron chi connectivity index (χ3n) is 6.97. The van der Waals surface area contributed by atoms with Crippen LogP contribution in [0.2, 0.25) is 0 Å². The first-order chi connectivity index (χ1) is 18.0. The minimum Gasteiger partial charge on any atom is -0.427 e. The van der Waals surface area contributed by atoms with Gasteiger partial charge in [0, 0.05) is 38.2 Å². The second kappa shape index (κ2) is 11.1. The van der Waals surface area contributed by atoms with E-state index in [0.29, 0.717) is 32.6 Å². The molecule has 0 bridgehead atoms. The van der Waals surface area contributed by atoms with Crippen LogP contribution in [-0.4, -0.2) is 72.7 Å². The van der Waals surface area contributed by atoms with E-state index in [-0.39, 0.29) is 6.42 Å². The number of hydrogen-bond donors (Lipinski definition) is 0. The van der Waals surface area contributed by atoms with Crippen LogP contribution in [0, 0.1) is 0 Å². The van der Waals surface area contributed by atoms with E-state index in [1.54, 1.807) is 0 Å². The Balaban J connectivity index is 1.53. The summed E-state index contributed by atoms with van der Waals surface area (Å²) in [4.78, 5) is 42.5. The Labute approximate surface area is 215 Å². The predicted molar refractivity (Wildman–Crippen MR) is 132 cm³/mol.